The van der Waals surface area contributed by atoms with Crippen molar-refractivity contribution in [1.82, 2.24) is 4.98 Å². The van der Waals surface area contributed by atoms with E-state index in [4.69, 9.17) is 4.74 Å². The van der Waals surface area contributed by atoms with Gasteiger partial charge in [-0.1, -0.05) is 19.1 Å². The maximum atomic E-state index is 13.2. The van der Waals surface area contributed by atoms with E-state index in [2.05, 4.69) is 11.9 Å². The van der Waals surface area contributed by atoms with Gasteiger partial charge in [0, 0.05) is 5.56 Å². The maximum Gasteiger partial charge on any atom is 0.123 e. The first-order valence-corrected chi connectivity index (χ1v) is 8.45. The fraction of sp³-hybridized carbons (Fsp3) is 0.211. The first-order chi connectivity index (χ1) is 11.2. The van der Waals surface area contributed by atoms with Crippen LogP contribution in [0.25, 0.3) is 21.7 Å². The highest BCUT2D eigenvalue weighted by Crippen LogP contribution is 2.37. The Kier molecular flexibility index (Phi) is 4.72. The van der Waals surface area contributed by atoms with Crippen molar-refractivity contribution in [3.8, 4) is 27.4 Å². The van der Waals surface area contributed by atoms with Gasteiger partial charge in [0.2, 0.25) is 0 Å². The zero-order chi connectivity index (χ0) is 16.2. The number of hydrogen-bond donors (Lipinski definition) is 0. The van der Waals surface area contributed by atoms with Gasteiger partial charge >= 0.3 is 0 Å². The molecule has 3 aromatic rings. The van der Waals surface area contributed by atoms with Crippen LogP contribution in [0, 0.1) is 12.7 Å². The molecule has 1 heterocycles. The Balaban J connectivity index is 1.95. The molecule has 2 aromatic carbocycles. The molecule has 0 amide bonds. The smallest absolute Gasteiger partial charge is 0.123 e. The van der Waals surface area contributed by atoms with E-state index in [0.717, 1.165) is 45.5 Å². The van der Waals surface area contributed by atoms with E-state index < -0.39 is 0 Å². The molecule has 1 aromatic heterocycles. The normalized spacial score (nSPS) is 10.7. The van der Waals surface area contributed by atoms with Gasteiger partial charge in [-0.25, -0.2) is 9.37 Å². The summed E-state index contributed by atoms with van der Waals surface area (Å²) < 4.78 is 18.8. The molecule has 0 aliphatic rings. The van der Waals surface area contributed by atoms with Crippen molar-refractivity contribution in [3.05, 3.63) is 59.4 Å². The van der Waals surface area contributed by atoms with Crippen LogP contribution in [0.5, 0.6) is 5.75 Å². The van der Waals surface area contributed by atoms with Gasteiger partial charge in [0.15, 0.2) is 0 Å². The second kappa shape index (κ2) is 6.92. The first kappa shape index (κ1) is 15.7. The maximum absolute atomic E-state index is 13.2. The van der Waals surface area contributed by atoms with E-state index in [-0.39, 0.29) is 5.82 Å². The van der Waals surface area contributed by atoms with Gasteiger partial charge in [-0.3, -0.25) is 0 Å². The van der Waals surface area contributed by atoms with E-state index in [9.17, 15) is 4.39 Å². The van der Waals surface area contributed by atoms with Crippen molar-refractivity contribution < 1.29 is 9.13 Å². The number of hydrogen-bond acceptors (Lipinski definition) is 3. The van der Waals surface area contributed by atoms with Gasteiger partial charge in [-0.05, 0) is 55.3 Å². The third kappa shape index (κ3) is 3.59. The zero-order valence-corrected chi connectivity index (χ0v) is 14.0. The number of halogens is 1. The average Bonchev–Trinajstić information content (AvgIpc) is 2.96. The summed E-state index contributed by atoms with van der Waals surface area (Å²) in [5, 5.41) is 0.991. The van der Waals surface area contributed by atoms with Crippen molar-refractivity contribution in [1.29, 1.82) is 0 Å². The number of aromatic nitrogens is 1. The first-order valence-electron chi connectivity index (χ1n) is 7.64. The summed E-state index contributed by atoms with van der Waals surface area (Å²) in [5.74, 6) is 0.639. The molecular formula is C19H18FNOS. The second-order valence-electron chi connectivity index (χ2n) is 5.29. The van der Waals surface area contributed by atoms with E-state index in [1.807, 2.05) is 31.2 Å². The monoisotopic (exact) mass is 327 g/mol. The van der Waals surface area contributed by atoms with Gasteiger partial charge in [-0.2, -0.15) is 0 Å². The van der Waals surface area contributed by atoms with Crippen molar-refractivity contribution in [2.75, 3.05) is 6.61 Å². The molecule has 0 fully saturated rings. The third-order valence-corrected chi connectivity index (χ3v) is 4.46. The number of rotatable bonds is 5. The number of thiazole rings is 1. The van der Waals surface area contributed by atoms with Gasteiger partial charge < -0.3 is 4.74 Å². The quantitative estimate of drug-likeness (QED) is 0.598. The molecule has 0 saturated carbocycles. The molecule has 0 atom stereocenters. The van der Waals surface area contributed by atoms with Crippen LogP contribution in [0.15, 0.2) is 48.5 Å². The zero-order valence-electron chi connectivity index (χ0n) is 13.2. The number of benzene rings is 2. The van der Waals surface area contributed by atoms with Crippen molar-refractivity contribution in [3.63, 3.8) is 0 Å². The van der Waals surface area contributed by atoms with Crippen LogP contribution < -0.4 is 4.74 Å². The van der Waals surface area contributed by atoms with E-state index in [0.29, 0.717) is 0 Å². The summed E-state index contributed by atoms with van der Waals surface area (Å²) >= 11 is 1.62. The Hall–Kier alpha value is -2.20. The number of aryl methyl sites for hydroxylation is 1. The molecule has 2 nitrogen and oxygen atoms in total. The molecule has 118 valence electrons. The lowest BCUT2D eigenvalue weighted by Gasteiger charge is -2.06. The largest absolute Gasteiger partial charge is 0.494 e. The highest BCUT2D eigenvalue weighted by Gasteiger charge is 2.13. The summed E-state index contributed by atoms with van der Waals surface area (Å²) in [6, 6.07) is 14.5. The van der Waals surface area contributed by atoms with Crippen LogP contribution in [0.4, 0.5) is 4.39 Å². The molecular weight excluding hydrogens is 309 g/mol. The topological polar surface area (TPSA) is 22.1 Å². The molecule has 0 unspecified atom stereocenters. The molecule has 0 saturated heterocycles. The fourth-order valence-corrected chi connectivity index (χ4v) is 3.30. The van der Waals surface area contributed by atoms with Gasteiger partial charge in [0.1, 0.15) is 11.6 Å². The highest BCUT2D eigenvalue weighted by molar-refractivity contribution is 7.15. The Morgan fingerprint density at radius 3 is 2.30 bits per heavy atom. The van der Waals surface area contributed by atoms with Crippen LogP contribution in [0.1, 0.15) is 18.4 Å². The predicted molar refractivity (Wildman–Crippen MR) is 93.5 cm³/mol. The molecule has 0 N–H and O–H groups in total. The molecule has 0 radical (unpaired) electrons. The Morgan fingerprint density at radius 2 is 1.65 bits per heavy atom. The summed E-state index contributed by atoms with van der Waals surface area (Å²) in [6.07, 6.45) is 0.988. The lowest BCUT2D eigenvalue weighted by Crippen LogP contribution is -1.94. The minimum atomic E-state index is -0.228. The van der Waals surface area contributed by atoms with Gasteiger partial charge in [0.25, 0.3) is 0 Å². The molecule has 3 rings (SSSR count). The molecule has 0 spiro atoms. The van der Waals surface area contributed by atoms with Crippen LogP contribution in [-0.2, 0) is 0 Å². The molecule has 23 heavy (non-hydrogen) atoms. The molecule has 0 aliphatic heterocycles. The summed E-state index contributed by atoms with van der Waals surface area (Å²) in [6.45, 7) is 4.79. The Morgan fingerprint density at radius 1 is 1.00 bits per heavy atom. The lowest BCUT2D eigenvalue weighted by atomic mass is 10.1. The minimum Gasteiger partial charge on any atom is -0.494 e. The van der Waals surface area contributed by atoms with Crippen LogP contribution in [0.3, 0.4) is 0 Å². The number of nitrogens with zero attached hydrogens (tertiary/aromatic N) is 1. The van der Waals surface area contributed by atoms with Crippen molar-refractivity contribution in [2.45, 2.75) is 20.3 Å². The standard InChI is InChI=1S/C19H18FNOS/c1-3-12-22-17-10-6-14(7-11-17)18-19(23-13(2)21-18)15-4-8-16(20)9-5-15/h4-11H,3,12H2,1-2H3. The Bertz CT molecular complexity index is 778. The van der Waals surface area contributed by atoms with Crippen molar-refractivity contribution in [2.24, 2.45) is 0 Å². The van der Waals surface area contributed by atoms with E-state index in [1.165, 1.54) is 12.1 Å². The van der Waals surface area contributed by atoms with Crippen molar-refractivity contribution >= 4 is 11.3 Å². The van der Waals surface area contributed by atoms with Gasteiger partial charge in [0.05, 0.1) is 22.2 Å². The molecule has 4 heteroatoms. The van der Waals surface area contributed by atoms with E-state index in [1.54, 1.807) is 23.5 Å². The summed E-state index contributed by atoms with van der Waals surface area (Å²) in [7, 11) is 0. The van der Waals surface area contributed by atoms with Crippen LogP contribution in [0.2, 0.25) is 0 Å². The summed E-state index contributed by atoms with van der Waals surface area (Å²) in [5.41, 5.74) is 2.96. The molecule has 0 aliphatic carbocycles. The number of ether oxygens (including phenoxy) is 1. The Labute approximate surface area is 139 Å². The highest BCUT2D eigenvalue weighted by atomic mass is 32.1. The SMILES string of the molecule is CCCOc1ccc(-c2nc(C)sc2-c2ccc(F)cc2)cc1. The third-order valence-electron chi connectivity index (χ3n) is 3.44. The summed E-state index contributed by atoms with van der Waals surface area (Å²) in [4.78, 5) is 5.72. The predicted octanol–water partition coefficient (Wildman–Crippen LogP) is 5.71. The lowest BCUT2D eigenvalue weighted by molar-refractivity contribution is 0.317. The second-order valence-corrected chi connectivity index (χ2v) is 6.49. The van der Waals surface area contributed by atoms with Crippen LogP contribution in [-0.4, -0.2) is 11.6 Å². The fourth-order valence-electron chi connectivity index (χ4n) is 2.35. The molecule has 0 bridgehead atoms. The van der Waals surface area contributed by atoms with Gasteiger partial charge in [-0.15, -0.1) is 11.3 Å². The van der Waals surface area contributed by atoms with E-state index >= 15 is 0 Å². The minimum absolute atomic E-state index is 0.228. The average molecular weight is 327 g/mol. The van der Waals surface area contributed by atoms with Crippen LogP contribution >= 0.6 is 11.3 Å².